The van der Waals surface area contributed by atoms with Crippen LogP contribution in [0.1, 0.15) is 27.7 Å². The summed E-state index contributed by atoms with van der Waals surface area (Å²) in [5, 5.41) is 0. The van der Waals surface area contributed by atoms with Crippen LogP contribution in [0.5, 0.6) is 0 Å². The molecule has 1 aliphatic heterocycles. The van der Waals surface area contributed by atoms with E-state index >= 15 is 0 Å². The lowest BCUT2D eigenvalue weighted by Gasteiger charge is -2.08. The maximum absolute atomic E-state index is 2.53. The van der Waals surface area contributed by atoms with E-state index in [1.165, 1.54) is 6.54 Å². The van der Waals surface area contributed by atoms with Crippen LogP contribution in [0.25, 0.3) is 0 Å². The number of hydrogen-bond donors (Lipinski definition) is 0. The molecule has 1 rings (SSSR count). The summed E-state index contributed by atoms with van der Waals surface area (Å²) in [5.74, 6) is 0.854. The summed E-state index contributed by atoms with van der Waals surface area (Å²) in [4.78, 5) is 2.53. The summed E-state index contributed by atoms with van der Waals surface area (Å²) < 4.78 is 0. The molecule has 1 saturated heterocycles. The summed E-state index contributed by atoms with van der Waals surface area (Å²) in [6.07, 6.45) is 0. The van der Waals surface area contributed by atoms with Gasteiger partial charge in [0.1, 0.15) is 0 Å². The second-order valence-electron chi connectivity index (χ2n) is 3.60. The van der Waals surface area contributed by atoms with Crippen molar-refractivity contribution in [3.63, 3.8) is 0 Å². The van der Waals surface area contributed by atoms with Gasteiger partial charge in [-0.2, -0.15) is 0 Å². The van der Waals surface area contributed by atoms with Crippen molar-refractivity contribution in [2.45, 2.75) is 39.8 Å². The van der Waals surface area contributed by atoms with E-state index in [1.807, 2.05) is 0 Å². The Balaban J connectivity index is 2.24. The summed E-state index contributed by atoms with van der Waals surface area (Å²) >= 11 is 0. The molecule has 0 aromatic heterocycles. The Bertz CT molecular complexity index is 84.7. The SMILES string of the molecule is CC(C)[C@H]1CN1C(C)C. The molecule has 9 heavy (non-hydrogen) atoms. The van der Waals surface area contributed by atoms with E-state index in [2.05, 4.69) is 32.6 Å². The van der Waals surface area contributed by atoms with Gasteiger partial charge in [0.25, 0.3) is 0 Å². The summed E-state index contributed by atoms with van der Waals surface area (Å²) in [5.41, 5.74) is 0. The zero-order chi connectivity index (χ0) is 7.02. The second-order valence-corrected chi connectivity index (χ2v) is 3.60. The van der Waals surface area contributed by atoms with Crippen LogP contribution in [0, 0.1) is 5.92 Å². The highest BCUT2D eigenvalue weighted by Gasteiger charge is 2.37. The lowest BCUT2D eigenvalue weighted by Crippen LogP contribution is -2.14. The minimum Gasteiger partial charge on any atom is -0.295 e. The third-order valence-corrected chi connectivity index (χ3v) is 2.12. The van der Waals surface area contributed by atoms with E-state index in [4.69, 9.17) is 0 Å². The highest BCUT2D eigenvalue weighted by Crippen LogP contribution is 2.27. The Morgan fingerprint density at radius 2 is 1.78 bits per heavy atom. The van der Waals surface area contributed by atoms with Gasteiger partial charge in [0.2, 0.25) is 0 Å². The van der Waals surface area contributed by atoms with Crippen molar-refractivity contribution in [3.05, 3.63) is 0 Å². The highest BCUT2D eigenvalue weighted by molar-refractivity contribution is 4.93. The van der Waals surface area contributed by atoms with Crippen LogP contribution in [-0.4, -0.2) is 23.5 Å². The molecule has 0 spiro atoms. The van der Waals surface area contributed by atoms with Crippen LogP contribution in [0.15, 0.2) is 0 Å². The molecule has 1 unspecified atom stereocenters. The first kappa shape index (κ1) is 7.07. The molecular weight excluding hydrogens is 110 g/mol. The maximum atomic E-state index is 2.53. The molecule has 1 heteroatoms. The van der Waals surface area contributed by atoms with Crippen molar-refractivity contribution < 1.29 is 0 Å². The molecule has 0 amide bonds. The van der Waals surface area contributed by atoms with Crippen LogP contribution in [0.2, 0.25) is 0 Å². The van der Waals surface area contributed by atoms with Gasteiger partial charge in [0.15, 0.2) is 0 Å². The van der Waals surface area contributed by atoms with Crippen LogP contribution >= 0.6 is 0 Å². The maximum Gasteiger partial charge on any atom is 0.0249 e. The average molecular weight is 127 g/mol. The van der Waals surface area contributed by atoms with Gasteiger partial charge in [-0.3, -0.25) is 4.90 Å². The molecule has 1 heterocycles. The van der Waals surface area contributed by atoms with Crippen molar-refractivity contribution in [1.29, 1.82) is 0 Å². The molecule has 54 valence electrons. The third kappa shape index (κ3) is 1.45. The highest BCUT2D eigenvalue weighted by atomic mass is 15.3. The molecule has 0 saturated carbocycles. The van der Waals surface area contributed by atoms with Gasteiger partial charge in [-0.15, -0.1) is 0 Å². The van der Waals surface area contributed by atoms with Gasteiger partial charge in [0, 0.05) is 18.6 Å². The molecule has 0 aromatic carbocycles. The predicted octanol–water partition coefficient (Wildman–Crippen LogP) is 1.74. The van der Waals surface area contributed by atoms with Gasteiger partial charge in [0.05, 0.1) is 0 Å². The van der Waals surface area contributed by atoms with Crippen LogP contribution < -0.4 is 0 Å². The molecule has 1 fully saturated rings. The Morgan fingerprint density at radius 1 is 1.22 bits per heavy atom. The van der Waals surface area contributed by atoms with E-state index in [-0.39, 0.29) is 0 Å². The summed E-state index contributed by atoms with van der Waals surface area (Å²) in [7, 11) is 0. The van der Waals surface area contributed by atoms with Gasteiger partial charge in [-0.25, -0.2) is 0 Å². The first-order valence-electron chi connectivity index (χ1n) is 3.88. The zero-order valence-electron chi connectivity index (χ0n) is 6.89. The molecule has 1 aliphatic rings. The van der Waals surface area contributed by atoms with Crippen molar-refractivity contribution >= 4 is 0 Å². The Kier molecular flexibility index (Phi) is 1.80. The predicted molar refractivity (Wildman–Crippen MR) is 40.5 cm³/mol. The Morgan fingerprint density at radius 3 is 1.89 bits per heavy atom. The van der Waals surface area contributed by atoms with E-state index in [9.17, 15) is 0 Å². The minimum absolute atomic E-state index is 0.761. The molecule has 0 aromatic rings. The normalized spacial score (nSPS) is 34.0. The summed E-state index contributed by atoms with van der Waals surface area (Å²) in [6.45, 7) is 10.5. The first-order valence-corrected chi connectivity index (χ1v) is 3.88. The van der Waals surface area contributed by atoms with Gasteiger partial charge >= 0.3 is 0 Å². The molecule has 0 radical (unpaired) electrons. The molecule has 2 atom stereocenters. The molecule has 0 N–H and O–H groups in total. The Labute approximate surface area is 58.0 Å². The van der Waals surface area contributed by atoms with E-state index < -0.39 is 0 Å². The standard InChI is InChI=1S/C8H17N/c1-6(2)8-5-9(8)7(3)4/h6-8H,5H2,1-4H3/t8-,9?/m1/s1. The molecule has 0 aliphatic carbocycles. The largest absolute Gasteiger partial charge is 0.295 e. The quantitative estimate of drug-likeness (QED) is 0.510. The molecule has 0 bridgehead atoms. The van der Waals surface area contributed by atoms with Crippen molar-refractivity contribution in [3.8, 4) is 0 Å². The zero-order valence-corrected chi connectivity index (χ0v) is 6.89. The van der Waals surface area contributed by atoms with Crippen LogP contribution in [0.3, 0.4) is 0 Å². The smallest absolute Gasteiger partial charge is 0.0249 e. The van der Waals surface area contributed by atoms with Crippen LogP contribution in [-0.2, 0) is 0 Å². The molecule has 1 nitrogen and oxygen atoms in total. The fourth-order valence-electron chi connectivity index (χ4n) is 1.36. The summed E-state index contributed by atoms with van der Waals surface area (Å²) in [6, 6.07) is 1.65. The first-order chi connectivity index (χ1) is 4.13. The van der Waals surface area contributed by atoms with Crippen molar-refractivity contribution in [2.24, 2.45) is 5.92 Å². The average Bonchev–Trinajstić information content (AvgIpc) is 2.39. The number of rotatable bonds is 2. The van der Waals surface area contributed by atoms with Crippen LogP contribution in [0.4, 0.5) is 0 Å². The van der Waals surface area contributed by atoms with Gasteiger partial charge < -0.3 is 0 Å². The monoisotopic (exact) mass is 127 g/mol. The van der Waals surface area contributed by atoms with Gasteiger partial charge in [-0.1, -0.05) is 13.8 Å². The van der Waals surface area contributed by atoms with Crippen molar-refractivity contribution in [2.75, 3.05) is 6.54 Å². The second kappa shape index (κ2) is 2.30. The fourth-order valence-corrected chi connectivity index (χ4v) is 1.36. The lowest BCUT2D eigenvalue weighted by atomic mass is 10.1. The number of nitrogens with zero attached hydrogens (tertiary/aromatic N) is 1. The van der Waals surface area contributed by atoms with E-state index in [1.54, 1.807) is 0 Å². The molecular formula is C8H17N. The third-order valence-electron chi connectivity index (χ3n) is 2.12. The van der Waals surface area contributed by atoms with E-state index in [0.29, 0.717) is 0 Å². The Hall–Kier alpha value is -0.0400. The fraction of sp³-hybridized carbons (Fsp3) is 1.00. The lowest BCUT2D eigenvalue weighted by molar-refractivity contribution is 0.382. The minimum atomic E-state index is 0.761. The van der Waals surface area contributed by atoms with Crippen molar-refractivity contribution in [1.82, 2.24) is 4.90 Å². The topological polar surface area (TPSA) is 3.01 Å². The number of hydrogen-bond acceptors (Lipinski definition) is 1. The van der Waals surface area contributed by atoms with Gasteiger partial charge in [-0.05, 0) is 19.8 Å². The van der Waals surface area contributed by atoms with E-state index in [0.717, 1.165) is 18.0 Å².